The number of ether oxygens (including phenoxy) is 4. The van der Waals surface area contributed by atoms with Crippen molar-refractivity contribution in [3.63, 3.8) is 0 Å². The van der Waals surface area contributed by atoms with Gasteiger partial charge in [0.15, 0.2) is 0 Å². The van der Waals surface area contributed by atoms with Gasteiger partial charge < -0.3 is 29.4 Å². The highest BCUT2D eigenvalue weighted by atomic mass is 16.6. The smallest absolute Gasteiger partial charge is 0.407 e. The first-order chi connectivity index (χ1) is 25.6. The normalized spacial score (nSPS) is 13.0. The summed E-state index contributed by atoms with van der Waals surface area (Å²) in [5.74, 6) is -2.72. The Morgan fingerprint density at radius 2 is 0.964 bits per heavy atom. The summed E-state index contributed by atoms with van der Waals surface area (Å²) in [4.78, 5) is 68.0. The summed E-state index contributed by atoms with van der Waals surface area (Å²) in [6.45, 7) is 16.4. The molecule has 1 aliphatic carbocycles. The van der Waals surface area contributed by atoms with Crippen LogP contribution in [0, 0.1) is 0 Å². The van der Waals surface area contributed by atoms with Crippen molar-refractivity contribution in [1.82, 2.24) is 20.0 Å². The second-order valence-corrected chi connectivity index (χ2v) is 16.7. The van der Waals surface area contributed by atoms with Crippen LogP contribution in [-0.2, 0) is 38.1 Å². The summed E-state index contributed by atoms with van der Waals surface area (Å²) in [7, 11) is 0. The molecule has 3 rings (SSSR count). The van der Waals surface area contributed by atoms with Crippen LogP contribution in [0.5, 0.6) is 0 Å². The molecule has 0 unspecified atom stereocenters. The van der Waals surface area contributed by atoms with Crippen molar-refractivity contribution in [2.45, 2.75) is 85.0 Å². The molecule has 2 aromatic carbocycles. The first-order valence-electron chi connectivity index (χ1n) is 18.7. The number of nitrogens with zero attached hydrogens (tertiary/aromatic N) is 3. The predicted molar refractivity (Wildman–Crippen MR) is 208 cm³/mol. The number of nitrogens with one attached hydrogen (secondary N) is 1. The third-order valence-electron chi connectivity index (χ3n) is 8.18. The number of aliphatic carboxylic acids is 1. The first-order valence-corrected chi connectivity index (χ1v) is 18.7. The molecule has 0 atom stereocenters. The summed E-state index contributed by atoms with van der Waals surface area (Å²) >= 11 is 0. The fourth-order valence-electron chi connectivity index (χ4n) is 6.15. The Hall–Kier alpha value is -4.53. The maximum Gasteiger partial charge on any atom is 0.407 e. The fourth-order valence-corrected chi connectivity index (χ4v) is 6.15. The second kappa shape index (κ2) is 19.9. The Kier molecular flexibility index (Phi) is 16.2. The van der Waals surface area contributed by atoms with Crippen LogP contribution in [0.1, 0.15) is 79.4 Å². The standard InChI is InChI=1S/C41H60N4O10/c1-39(2,3)53-35(48)25-43(19-18-42-38(51)52-28-33-31-16-12-10-14-29(31)30-15-11-13-17-32(30)33)20-21-44(26-36(49)54-40(4,5)6)22-23-45(24-34(46)47)27-37(50)55-41(7,8)9/h10-17,33H,18-28H2,1-9H3,(H,42,51)(H,46,47). The maximum atomic E-state index is 13.0. The van der Waals surface area contributed by atoms with Gasteiger partial charge in [-0.15, -0.1) is 0 Å². The molecule has 304 valence electrons. The fraction of sp³-hybridized carbons (Fsp3) is 0.585. The number of hydrogen-bond donors (Lipinski definition) is 2. The van der Waals surface area contributed by atoms with E-state index in [1.54, 1.807) is 72.1 Å². The third-order valence-corrected chi connectivity index (χ3v) is 8.18. The van der Waals surface area contributed by atoms with Gasteiger partial charge in [-0.05, 0) is 84.6 Å². The van der Waals surface area contributed by atoms with E-state index in [2.05, 4.69) is 17.4 Å². The van der Waals surface area contributed by atoms with Crippen molar-refractivity contribution in [3.8, 4) is 11.1 Å². The zero-order valence-corrected chi connectivity index (χ0v) is 33.9. The van der Waals surface area contributed by atoms with Gasteiger partial charge in [0.2, 0.25) is 0 Å². The van der Waals surface area contributed by atoms with Gasteiger partial charge in [0, 0.05) is 45.2 Å². The maximum absolute atomic E-state index is 13.0. The molecule has 0 fully saturated rings. The van der Waals surface area contributed by atoms with Gasteiger partial charge in [-0.3, -0.25) is 33.9 Å². The molecule has 2 N–H and O–H groups in total. The molecule has 14 heteroatoms. The van der Waals surface area contributed by atoms with Crippen LogP contribution < -0.4 is 5.32 Å². The molecule has 1 aliphatic rings. The van der Waals surface area contributed by atoms with E-state index >= 15 is 0 Å². The predicted octanol–water partition coefficient (Wildman–Crippen LogP) is 4.54. The molecule has 0 radical (unpaired) electrons. The number of benzene rings is 2. The van der Waals surface area contributed by atoms with E-state index in [0.717, 1.165) is 22.3 Å². The first kappa shape index (κ1) is 44.9. The molecular formula is C41H60N4O10. The van der Waals surface area contributed by atoms with Gasteiger partial charge in [0.05, 0.1) is 26.2 Å². The molecular weight excluding hydrogens is 708 g/mol. The number of hydrogen-bond acceptors (Lipinski definition) is 12. The quantitative estimate of drug-likeness (QED) is 0.151. The van der Waals surface area contributed by atoms with Crippen LogP contribution in [0.25, 0.3) is 11.1 Å². The number of rotatable bonds is 19. The number of carbonyl (C=O) groups is 5. The van der Waals surface area contributed by atoms with Gasteiger partial charge >= 0.3 is 30.0 Å². The average molecular weight is 769 g/mol. The molecule has 1 amide bonds. The second-order valence-electron chi connectivity index (χ2n) is 16.7. The highest BCUT2D eigenvalue weighted by Gasteiger charge is 2.29. The molecule has 0 spiro atoms. The largest absolute Gasteiger partial charge is 0.480 e. The summed E-state index contributed by atoms with van der Waals surface area (Å²) in [5, 5.41) is 12.3. The number of carboxylic acids is 1. The van der Waals surface area contributed by atoms with Crippen LogP contribution >= 0.6 is 0 Å². The van der Waals surface area contributed by atoms with Gasteiger partial charge in [-0.25, -0.2) is 4.79 Å². The summed E-state index contributed by atoms with van der Waals surface area (Å²) in [5.41, 5.74) is 2.27. The van der Waals surface area contributed by atoms with Gasteiger partial charge in [-0.2, -0.15) is 0 Å². The van der Waals surface area contributed by atoms with Crippen molar-refractivity contribution in [2.75, 3.05) is 72.1 Å². The van der Waals surface area contributed by atoms with E-state index in [1.165, 1.54) is 4.90 Å². The van der Waals surface area contributed by atoms with Crippen LogP contribution in [0.2, 0.25) is 0 Å². The van der Waals surface area contributed by atoms with Crippen LogP contribution in [0.15, 0.2) is 48.5 Å². The minimum atomic E-state index is -1.12. The molecule has 0 saturated carbocycles. The molecule has 55 heavy (non-hydrogen) atoms. The summed E-state index contributed by atoms with van der Waals surface area (Å²) in [6.07, 6.45) is -0.589. The van der Waals surface area contributed by atoms with Gasteiger partial charge in [-0.1, -0.05) is 48.5 Å². The zero-order chi connectivity index (χ0) is 41.0. The molecule has 0 saturated heterocycles. The highest BCUT2D eigenvalue weighted by molar-refractivity contribution is 5.79. The van der Waals surface area contributed by atoms with Crippen molar-refractivity contribution >= 4 is 30.0 Å². The monoisotopic (exact) mass is 768 g/mol. The minimum Gasteiger partial charge on any atom is -0.480 e. The number of esters is 3. The third kappa shape index (κ3) is 16.8. The van der Waals surface area contributed by atoms with Crippen LogP contribution in [-0.4, -0.2) is 139 Å². The van der Waals surface area contributed by atoms with Gasteiger partial charge in [0.25, 0.3) is 0 Å². The number of carbonyl (C=O) groups excluding carboxylic acids is 4. The lowest BCUT2D eigenvalue weighted by Gasteiger charge is -2.30. The van der Waals surface area contributed by atoms with Crippen molar-refractivity contribution in [1.29, 1.82) is 0 Å². The van der Waals surface area contributed by atoms with Crippen molar-refractivity contribution in [3.05, 3.63) is 59.7 Å². The van der Waals surface area contributed by atoms with E-state index in [0.29, 0.717) is 0 Å². The number of fused-ring (bicyclic) bond motifs is 3. The van der Waals surface area contributed by atoms with E-state index in [1.807, 2.05) is 36.4 Å². The number of amides is 1. The summed E-state index contributed by atoms with van der Waals surface area (Å²) in [6, 6.07) is 16.2. The Labute approximate surface area is 325 Å². The average Bonchev–Trinajstić information content (AvgIpc) is 3.35. The lowest BCUT2D eigenvalue weighted by Crippen LogP contribution is -2.47. The number of carboxylic acid groups (broad SMARTS) is 1. The molecule has 2 aromatic rings. The molecule has 14 nitrogen and oxygen atoms in total. The minimum absolute atomic E-state index is 0.0895. The van der Waals surface area contributed by atoms with E-state index < -0.39 is 53.3 Å². The van der Waals surface area contributed by atoms with Crippen molar-refractivity contribution < 1.29 is 48.0 Å². The molecule has 0 bridgehead atoms. The lowest BCUT2D eigenvalue weighted by atomic mass is 9.98. The Balaban J connectivity index is 1.67. The SMILES string of the molecule is CC(C)(C)OC(=O)CN(CCNC(=O)OCC1c2ccccc2-c2ccccc21)CCN(CCN(CC(=O)O)CC(=O)OC(C)(C)C)CC(=O)OC(C)(C)C. The summed E-state index contributed by atoms with van der Waals surface area (Å²) < 4.78 is 22.2. The van der Waals surface area contributed by atoms with Crippen LogP contribution in [0.3, 0.4) is 0 Å². The van der Waals surface area contributed by atoms with E-state index in [4.69, 9.17) is 18.9 Å². The molecule has 0 aromatic heterocycles. The Morgan fingerprint density at radius 1 is 0.582 bits per heavy atom. The Bertz CT molecular complexity index is 1580. The van der Waals surface area contributed by atoms with Crippen molar-refractivity contribution in [2.24, 2.45) is 0 Å². The van der Waals surface area contributed by atoms with Crippen LogP contribution in [0.4, 0.5) is 4.79 Å². The number of alkyl carbamates (subject to hydrolysis) is 1. The van der Waals surface area contributed by atoms with E-state index in [-0.39, 0.29) is 71.4 Å². The molecule has 0 heterocycles. The highest BCUT2D eigenvalue weighted by Crippen LogP contribution is 2.44. The topological polar surface area (TPSA) is 164 Å². The van der Waals surface area contributed by atoms with E-state index in [9.17, 15) is 29.1 Å². The zero-order valence-electron chi connectivity index (χ0n) is 33.9. The lowest BCUT2D eigenvalue weighted by molar-refractivity contribution is -0.158. The Morgan fingerprint density at radius 3 is 1.38 bits per heavy atom. The van der Waals surface area contributed by atoms with Gasteiger partial charge in [0.1, 0.15) is 23.4 Å². The molecule has 0 aliphatic heterocycles.